The third kappa shape index (κ3) is 2.18. The zero-order valence-electron chi connectivity index (χ0n) is 7.79. The third-order valence-corrected chi connectivity index (χ3v) is 2.17. The molecule has 1 aliphatic rings. The van der Waals surface area contributed by atoms with Crippen LogP contribution in [0.25, 0.3) is 0 Å². The molecule has 13 heavy (non-hydrogen) atoms. The van der Waals surface area contributed by atoms with Gasteiger partial charge in [-0.15, -0.1) is 0 Å². The van der Waals surface area contributed by atoms with E-state index in [9.17, 15) is 0 Å². The van der Waals surface area contributed by atoms with Gasteiger partial charge in [0.1, 0.15) is 11.9 Å². The number of ether oxygens (including phenoxy) is 1. The fourth-order valence-corrected chi connectivity index (χ4v) is 1.51. The highest BCUT2D eigenvalue weighted by Crippen LogP contribution is 2.14. The lowest BCUT2D eigenvalue weighted by Gasteiger charge is -2.11. The summed E-state index contributed by atoms with van der Waals surface area (Å²) in [5.41, 5.74) is 1.14. The Kier molecular flexibility index (Phi) is 2.45. The molecule has 0 spiro atoms. The maximum Gasteiger partial charge on any atom is 0.138 e. The lowest BCUT2D eigenvalue weighted by molar-refractivity contribution is 0.222. The second-order valence-corrected chi connectivity index (χ2v) is 3.43. The summed E-state index contributed by atoms with van der Waals surface area (Å²) in [7, 11) is 0. The molecule has 1 aliphatic heterocycles. The third-order valence-electron chi connectivity index (χ3n) is 2.17. The summed E-state index contributed by atoms with van der Waals surface area (Å²) in [5, 5.41) is 3.26. The van der Waals surface area contributed by atoms with Crippen molar-refractivity contribution in [3.63, 3.8) is 0 Å². The predicted molar refractivity (Wildman–Crippen MR) is 50.9 cm³/mol. The van der Waals surface area contributed by atoms with Crippen molar-refractivity contribution in [1.29, 1.82) is 0 Å². The zero-order chi connectivity index (χ0) is 9.10. The van der Waals surface area contributed by atoms with Crippen LogP contribution in [0.2, 0.25) is 0 Å². The number of aromatic nitrogens is 1. The van der Waals surface area contributed by atoms with Crippen LogP contribution in [-0.2, 0) is 0 Å². The molecule has 1 fully saturated rings. The standard InChI is InChI=1S/C10H14N2O/c1-8-4-10(7-12-5-8)13-9-2-3-11-6-9/h4-5,7,9,11H,2-3,6H2,1H3/t9-/m1/s1. The molecule has 0 saturated carbocycles. The molecular weight excluding hydrogens is 164 g/mol. The van der Waals surface area contributed by atoms with Crippen molar-refractivity contribution in [1.82, 2.24) is 10.3 Å². The van der Waals surface area contributed by atoms with E-state index >= 15 is 0 Å². The number of nitrogens with one attached hydrogen (secondary N) is 1. The highest BCUT2D eigenvalue weighted by Gasteiger charge is 2.15. The van der Waals surface area contributed by atoms with Gasteiger partial charge in [-0.1, -0.05) is 0 Å². The number of hydrogen-bond donors (Lipinski definition) is 1. The Morgan fingerprint density at radius 1 is 1.54 bits per heavy atom. The molecule has 1 aromatic heterocycles. The number of nitrogens with zero attached hydrogens (tertiary/aromatic N) is 1. The molecular formula is C10H14N2O. The number of pyridine rings is 1. The van der Waals surface area contributed by atoms with Gasteiger partial charge in [0.05, 0.1) is 6.20 Å². The van der Waals surface area contributed by atoms with E-state index < -0.39 is 0 Å². The second-order valence-electron chi connectivity index (χ2n) is 3.43. The largest absolute Gasteiger partial charge is 0.487 e. The van der Waals surface area contributed by atoms with Crippen LogP contribution in [0.3, 0.4) is 0 Å². The van der Waals surface area contributed by atoms with Crippen molar-refractivity contribution < 1.29 is 4.74 Å². The average molecular weight is 178 g/mol. The van der Waals surface area contributed by atoms with Crippen molar-refractivity contribution in [2.45, 2.75) is 19.4 Å². The van der Waals surface area contributed by atoms with Crippen LogP contribution in [0, 0.1) is 6.92 Å². The second kappa shape index (κ2) is 3.75. The predicted octanol–water partition coefficient (Wildman–Crippen LogP) is 1.13. The molecule has 0 amide bonds. The normalized spacial score (nSPS) is 21.8. The van der Waals surface area contributed by atoms with E-state index in [0.717, 1.165) is 30.8 Å². The van der Waals surface area contributed by atoms with Gasteiger partial charge in [-0.25, -0.2) is 0 Å². The van der Waals surface area contributed by atoms with Gasteiger partial charge >= 0.3 is 0 Å². The molecule has 0 bridgehead atoms. The fraction of sp³-hybridized carbons (Fsp3) is 0.500. The summed E-state index contributed by atoms with van der Waals surface area (Å²) in [4.78, 5) is 4.08. The molecule has 70 valence electrons. The Morgan fingerprint density at radius 2 is 2.46 bits per heavy atom. The van der Waals surface area contributed by atoms with Crippen LogP contribution < -0.4 is 10.1 Å². The Labute approximate surface area is 78.1 Å². The van der Waals surface area contributed by atoms with Crippen LogP contribution in [0.4, 0.5) is 0 Å². The van der Waals surface area contributed by atoms with E-state index in [0.29, 0.717) is 6.10 Å². The van der Waals surface area contributed by atoms with Crippen molar-refractivity contribution in [2.24, 2.45) is 0 Å². The van der Waals surface area contributed by atoms with E-state index in [1.54, 1.807) is 6.20 Å². The molecule has 2 rings (SSSR count). The minimum absolute atomic E-state index is 0.323. The summed E-state index contributed by atoms with van der Waals surface area (Å²) >= 11 is 0. The van der Waals surface area contributed by atoms with Gasteiger partial charge in [-0.2, -0.15) is 0 Å². The van der Waals surface area contributed by atoms with Crippen molar-refractivity contribution in [3.8, 4) is 5.75 Å². The molecule has 1 N–H and O–H groups in total. The first-order chi connectivity index (χ1) is 6.34. The van der Waals surface area contributed by atoms with Crippen LogP contribution in [0.15, 0.2) is 18.5 Å². The molecule has 0 radical (unpaired) electrons. The molecule has 0 aliphatic carbocycles. The summed E-state index contributed by atoms with van der Waals surface area (Å²) in [6, 6.07) is 2.02. The van der Waals surface area contributed by atoms with Gasteiger partial charge in [-0.3, -0.25) is 4.98 Å². The molecule has 2 heterocycles. The Bertz CT molecular complexity index is 282. The lowest BCUT2D eigenvalue weighted by Crippen LogP contribution is -2.19. The first-order valence-electron chi connectivity index (χ1n) is 4.63. The van der Waals surface area contributed by atoms with Crippen molar-refractivity contribution in [3.05, 3.63) is 24.0 Å². The van der Waals surface area contributed by atoms with Crippen LogP contribution in [0.1, 0.15) is 12.0 Å². The highest BCUT2D eigenvalue weighted by atomic mass is 16.5. The van der Waals surface area contributed by atoms with Crippen molar-refractivity contribution in [2.75, 3.05) is 13.1 Å². The number of rotatable bonds is 2. The van der Waals surface area contributed by atoms with E-state index in [4.69, 9.17) is 4.74 Å². The van der Waals surface area contributed by atoms with Gasteiger partial charge in [0.2, 0.25) is 0 Å². The summed E-state index contributed by atoms with van der Waals surface area (Å²) in [6.07, 6.45) is 5.02. The van der Waals surface area contributed by atoms with Crippen molar-refractivity contribution >= 4 is 0 Å². The van der Waals surface area contributed by atoms with Crippen LogP contribution in [-0.4, -0.2) is 24.2 Å². The minimum Gasteiger partial charge on any atom is -0.487 e. The van der Waals surface area contributed by atoms with Crippen LogP contribution in [0.5, 0.6) is 5.75 Å². The number of aryl methyl sites for hydroxylation is 1. The first kappa shape index (κ1) is 8.51. The molecule has 3 nitrogen and oxygen atoms in total. The molecule has 1 saturated heterocycles. The maximum absolute atomic E-state index is 5.73. The van der Waals surface area contributed by atoms with E-state index in [2.05, 4.69) is 10.3 Å². The molecule has 0 unspecified atom stereocenters. The smallest absolute Gasteiger partial charge is 0.138 e. The summed E-state index contributed by atoms with van der Waals surface area (Å²) in [5.74, 6) is 0.883. The quantitative estimate of drug-likeness (QED) is 0.737. The Hall–Kier alpha value is -1.09. The fourth-order valence-electron chi connectivity index (χ4n) is 1.51. The Balaban J connectivity index is 2.00. The monoisotopic (exact) mass is 178 g/mol. The van der Waals surface area contributed by atoms with Gasteiger partial charge in [0.15, 0.2) is 0 Å². The van der Waals surface area contributed by atoms with Gasteiger partial charge < -0.3 is 10.1 Å². The van der Waals surface area contributed by atoms with E-state index in [1.165, 1.54) is 0 Å². The maximum atomic E-state index is 5.73. The van der Waals surface area contributed by atoms with E-state index in [1.807, 2.05) is 19.2 Å². The zero-order valence-corrected chi connectivity index (χ0v) is 7.79. The molecule has 1 atom stereocenters. The van der Waals surface area contributed by atoms with Gasteiger partial charge in [0.25, 0.3) is 0 Å². The molecule has 1 aromatic rings. The van der Waals surface area contributed by atoms with E-state index in [-0.39, 0.29) is 0 Å². The molecule has 0 aromatic carbocycles. The summed E-state index contributed by atoms with van der Waals surface area (Å²) < 4.78 is 5.73. The first-order valence-corrected chi connectivity index (χ1v) is 4.63. The minimum atomic E-state index is 0.323. The van der Waals surface area contributed by atoms with Gasteiger partial charge in [-0.05, 0) is 31.5 Å². The molecule has 3 heteroatoms. The van der Waals surface area contributed by atoms with Crippen LogP contribution >= 0.6 is 0 Å². The van der Waals surface area contributed by atoms with Gasteiger partial charge in [0, 0.05) is 12.7 Å². The number of hydrogen-bond acceptors (Lipinski definition) is 3. The average Bonchev–Trinajstić information content (AvgIpc) is 2.57. The SMILES string of the molecule is Cc1cncc(O[C@@H]2CCNC2)c1. The Morgan fingerprint density at radius 3 is 3.15 bits per heavy atom. The highest BCUT2D eigenvalue weighted by molar-refractivity contribution is 5.22. The lowest BCUT2D eigenvalue weighted by atomic mass is 10.3. The summed E-state index contributed by atoms with van der Waals surface area (Å²) in [6.45, 7) is 4.03. The topological polar surface area (TPSA) is 34.1 Å².